The van der Waals surface area contributed by atoms with Crippen LogP contribution in [0.15, 0.2) is 55.0 Å². The second kappa shape index (κ2) is 14.3. The van der Waals surface area contributed by atoms with Crippen LogP contribution in [0.4, 0.5) is 0 Å². The first-order chi connectivity index (χ1) is 18.5. The number of benzene rings is 1. The molecule has 0 saturated carbocycles. The highest BCUT2D eigenvalue weighted by molar-refractivity contribution is 5.74. The van der Waals surface area contributed by atoms with Crippen molar-refractivity contribution in [3.63, 3.8) is 0 Å². The molecule has 1 aliphatic rings. The molecule has 4 rings (SSSR count). The maximum Gasteiger partial charge on any atom is 0.245 e. The lowest BCUT2D eigenvalue weighted by Crippen LogP contribution is -2.34. The third-order valence-corrected chi connectivity index (χ3v) is 7.56. The Morgan fingerprint density at radius 2 is 1.53 bits per heavy atom. The summed E-state index contributed by atoms with van der Waals surface area (Å²) in [4.78, 5) is 0. The molecule has 0 unspecified atom stereocenters. The Kier molecular flexibility index (Phi) is 10.6. The molecule has 0 amide bonds. The van der Waals surface area contributed by atoms with Crippen molar-refractivity contribution in [2.75, 3.05) is 6.61 Å². The van der Waals surface area contributed by atoms with Gasteiger partial charge in [0.1, 0.15) is 5.75 Å². The van der Waals surface area contributed by atoms with E-state index in [1.807, 2.05) is 4.68 Å². The molecule has 0 aliphatic heterocycles. The van der Waals surface area contributed by atoms with E-state index in [0.29, 0.717) is 18.0 Å². The molecule has 0 atom stereocenters. The average Bonchev–Trinajstić information content (AvgIpc) is 3.66. The van der Waals surface area contributed by atoms with Crippen LogP contribution >= 0.6 is 0 Å². The van der Waals surface area contributed by atoms with Crippen molar-refractivity contribution in [2.45, 2.75) is 116 Å². The number of unbranched alkanes of at least 4 members (excludes halogenated alkanes) is 9. The van der Waals surface area contributed by atoms with Crippen molar-refractivity contribution in [3.05, 3.63) is 60.7 Å². The molecule has 0 saturated heterocycles. The number of hydrogen-bond donors (Lipinski definition) is 0. The SMILES string of the molecule is CC(C)n1c[n+](C(C)C)c2ccc(OCCCCCCCCCCCCn3cc(C4C=CC=C4)nn3)cc21. The minimum absolute atomic E-state index is 0.312. The van der Waals surface area contributed by atoms with Gasteiger partial charge in [-0.05, 0) is 52.7 Å². The van der Waals surface area contributed by atoms with Crippen molar-refractivity contribution < 1.29 is 9.30 Å². The molecule has 6 heteroatoms. The van der Waals surface area contributed by atoms with Crippen LogP contribution in [0.3, 0.4) is 0 Å². The first kappa shape index (κ1) is 28.1. The molecule has 206 valence electrons. The van der Waals surface area contributed by atoms with E-state index in [1.165, 1.54) is 68.8 Å². The number of allylic oxidation sites excluding steroid dienone is 4. The summed E-state index contributed by atoms with van der Waals surface area (Å²) in [6.45, 7) is 10.7. The van der Waals surface area contributed by atoms with Crippen LogP contribution in [0.2, 0.25) is 0 Å². The van der Waals surface area contributed by atoms with E-state index in [-0.39, 0.29) is 0 Å². The number of fused-ring (bicyclic) bond motifs is 1. The van der Waals surface area contributed by atoms with Gasteiger partial charge in [0.25, 0.3) is 0 Å². The van der Waals surface area contributed by atoms with Gasteiger partial charge >= 0.3 is 0 Å². The average molecular weight is 519 g/mol. The Balaban J connectivity index is 1.01. The molecule has 0 N–H and O–H groups in total. The number of aryl methyl sites for hydroxylation is 1. The van der Waals surface area contributed by atoms with Gasteiger partial charge in [-0.15, -0.1) is 5.10 Å². The zero-order chi connectivity index (χ0) is 26.7. The summed E-state index contributed by atoms with van der Waals surface area (Å²) in [5.74, 6) is 1.30. The van der Waals surface area contributed by atoms with E-state index in [4.69, 9.17) is 4.74 Å². The number of ether oxygens (including phenoxy) is 1. The molecule has 6 nitrogen and oxygen atoms in total. The lowest BCUT2D eigenvalue weighted by atomic mass is 10.1. The van der Waals surface area contributed by atoms with Crippen LogP contribution in [0.5, 0.6) is 5.75 Å². The Bertz CT molecular complexity index is 1170. The molecular formula is C32H48N5O+. The third kappa shape index (κ3) is 7.81. The van der Waals surface area contributed by atoms with Crippen LogP contribution < -0.4 is 9.30 Å². The van der Waals surface area contributed by atoms with Crippen LogP contribution in [-0.4, -0.2) is 26.2 Å². The molecule has 2 aromatic heterocycles. The minimum Gasteiger partial charge on any atom is -0.493 e. The summed E-state index contributed by atoms with van der Waals surface area (Å²) in [5.41, 5.74) is 3.59. The van der Waals surface area contributed by atoms with E-state index < -0.39 is 0 Å². The second-order valence-corrected chi connectivity index (χ2v) is 11.4. The van der Waals surface area contributed by atoms with Gasteiger partial charge in [0.15, 0.2) is 11.0 Å². The minimum atomic E-state index is 0.312. The van der Waals surface area contributed by atoms with Gasteiger partial charge in [-0.2, -0.15) is 0 Å². The van der Waals surface area contributed by atoms with Gasteiger partial charge in [0.05, 0.1) is 24.4 Å². The summed E-state index contributed by atoms with van der Waals surface area (Å²) >= 11 is 0. The molecule has 1 aromatic carbocycles. The van der Waals surface area contributed by atoms with E-state index in [1.54, 1.807) is 0 Å². The topological polar surface area (TPSA) is 48.8 Å². The van der Waals surface area contributed by atoms with Crippen molar-refractivity contribution in [2.24, 2.45) is 0 Å². The predicted octanol–water partition coefficient (Wildman–Crippen LogP) is 7.87. The van der Waals surface area contributed by atoms with Crippen molar-refractivity contribution in [3.8, 4) is 5.75 Å². The van der Waals surface area contributed by atoms with E-state index >= 15 is 0 Å². The summed E-state index contributed by atoms with van der Waals surface area (Å²) in [7, 11) is 0. The van der Waals surface area contributed by atoms with Gasteiger partial charge in [-0.25, -0.2) is 9.13 Å². The second-order valence-electron chi connectivity index (χ2n) is 11.4. The van der Waals surface area contributed by atoms with Crippen molar-refractivity contribution in [1.82, 2.24) is 19.6 Å². The molecule has 3 aromatic rings. The smallest absolute Gasteiger partial charge is 0.245 e. The zero-order valence-corrected chi connectivity index (χ0v) is 24.1. The monoisotopic (exact) mass is 518 g/mol. The van der Waals surface area contributed by atoms with Gasteiger partial charge in [0, 0.05) is 24.7 Å². The molecule has 0 spiro atoms. The highest BCUT2D eigenvalue weighted by Crippen LogP contribution is 2.24. The van der Waals surface area contributed by atoms with Crippen LogP contribution in [0, 0.1) is 0 Å². The molecule has 1 aliphatic carbocycles. The Hall–Kier alpha value is -2.89. The van der Waals surface area contributed by atoms with Gasteiger partial charge in [-0.1, -0.05) is 80.9 Å². The number of aromatic nitrogens is 5. The first-order valence-electron chi connectivity index (χ1n) is 15.0. The van der Waals surface area contributed by atoms with Gasteiger partial charge in [-0.3, -0.25) is 4.68 Å². The number of hydrogen-bond acceptors (Lipinski definition) is 3. The zero-order valence-electron chi connectivity index (χ0n) is 24.1. The lowest BCUT2D eigenvalue weighted by molar-refractivity contribution is -0.692. The Labute approximate surface area is 229 Å². The highest BCUT2D eigenvalue weighted by atomic mass is 16.5. The molecule has 0 fully saturated rings. The number of nitrogens with zero attached hydrogens (tertiary/aromatic N) is 5. The quantitative estimate of drug-likeness (QED) is 0.135. The van der Waals surface area contributed by atoms with Gasteiger partial charge in [0.2, 0.25) is 6.33 Å². The van der Waals surface area contributed by atoms with Crippen LogP contribution in [-0.2, 0) is 6.54 Å². The summed E-state index contributed by atoms with van der Waals surface area (Å²) in [6, 6.07) is 7.42. The maximum atomic E-state index is 6.12. The van der Waals surface area contributed by atoms with Crippen LogP contribution in [0.25, 0.3) is 11.0 Å². The van der Waals surface area contributed by atoms with E-state index in [9.17, 15) is 0 Å². The van der Waals surface area contributed by atoms with Gasteiger partial charge < -0.3 is 4.74 Å². The Morgan fingerprint density at radius 1 is 0.868 bits per heavy atom. The maximum absolute atomic E-state index is 6.12. The molecule has 2 heterocycles. The lowest BCUT2D eigenvalue weighted by Gasteiger charge is -2.07. The third-order valence-electron chi connectivity index (χ3n) is 7.56. The molecular weight excluding hydrogens is 470 g/mol. The first-order valence-corrected chi connectivity index (χ1v) is 15.0. The normalized spacial score (nSPS) is 13.6. The van der Waals surface area contributed by atoms with E-state index in [2.05, 4.69) is 102 Å². The van der Waals surface area contributed by atoms with Crippen molar-refractivity contribution in [1.29, 1.82) is 0 Å². The fraction of sp³-hybridized carbons (Fsp3) is 0.594. The largest absolute Gasteiger partial charge is 0.493 e. The molecule has 0 bridgehead atoms. The van der Waals surface area contributed by atoms with Crippen LogP contribution in [0.1, 0.15) is 116 Å². The fourth-order valence-electron chi connectivity index (χ4n) is 5.28. The molecule has 38 heavy (non-hydrogen) atoms. The predicted molar refractivity (Wildman–Crippen MR) is 156 cm³/mol. The standard InChI is InChI=1S/C32H48N5O/c1-26(2)36-25-37(27(3)4)32-23-29(19-20-31(32)36)38-22-16-12-10-8-6-5-7-9-11-15-21-35-24-30(33-34-35)28-17-13-14-18-28/h13-14,17-20,23-28H,5-12,15-16,21-22H2,1-4H3/q+1. The number of rotatable bonds is 17. The number of imidazole rings is 1. The van der Waals surface area contributed by atoms with Crippen molar-refractivity contribution >= 4 is 11.0 Å². The summed E-state index contributed by atoms with van der Waals surface area (Å²) < 4.78 is 12.8. The van der Waals surface area contributed by atoms with E-state index in [0.717, 1.165) is 31.0 Å². The highest BCUT2D eigenvalue weighted by Gasteiger charge is 2.20. The molecule has 0 radical (unpaired) electrons. The summed E-state index contributed by atoms with van der Waals surface area (Å²) in [6.07, 6.45) is 25.7. The Morgan fingerprint density at radius 3 is 2.18 bits per heavy atom. The summed E-state index contributed by atoms with van der Waals surface area (Å²) in [5, 5.41) is 8.60. The fourth-order valence-corrected chi connectivity index (χ4v) is 5.28.